The van der Waals surface area contributed by atoms with Crippen LogP contribution in [0.15, 0.2) is 12.2 Å². The van der Waals surface area contributed by atoms with Crippen LogP contribution < -0.4 is 0 Å². The molecule has 3 aliphatic carbocycles. The summed E-state index contributed by atoms with van der Waals surface area (Å²) in [6.45, 7) is 8.08. The Morgan fingerprint density at radius 3 is 2.65 bits per heavy atom. The van der Waals surface area contributed by atoms with Gasteiger partial charge >= 0.3 is 5.97 Å². The van der Waals surface area contributed by atoms with Gasteiger partial charge in [0.15, 0.2) is 12.1 Å². The van der Waals surface area contributed by atoms with Crippen LogP contribution in [-0.4, -0.2) is 47.1 Å². The van der Waals surface area contributed by atoms with E-state index in [0.717, 1.165) is 12.8 Å². The maximum Gasteiger partial charge on any atom is 0.320 e. The number of rotatable bonds is 0. The number of ketones is 1. The van der Waals surface area contributed by atoms with E-state index in [9.17, 15) is 19.8 Å². The lowest BCUT2D eigenvalue weighted by molar-refractivity contribution is -0.253. The molecule has 0 aromatic heterocycles. The van der Waals surface area contributed by atoms with E-state index in [0.29, 0.717) is 18.4 Å². The number of aliphatic hydroxyl groups excluding tert-OH is 2. The van der Waals surface area contributed by atoms with Crippen molar-refractivity contribution in [3.05, 3.63) is 12.2 Å². The first kappa shape index (κ1) is 16.9. The topological polar surface area (TPSA) is 93.1 Å². The van der Waals surface area contributed by atoms with Gasteiger partial charge in [0.25, 0.3) is 0 Å². The van der Waals surface area contributed by atoms with Crippen LogP contribution in [0.4, 0.5) is 0 Å². The third-order valence-electron chi connectivity index (χ3n) is 8.48. The molecule has 5 fully saturated rings. The molecular formula is C20H26O6. The van der Waals surface area contributed by atoms with Gasteiger partial charge in [0.1, 0.15) is 11.5 Å². The van der Waals surface area contributed by atoms with Gasteiger partial charge in [0.2, 0.25) is 0 Å². The van der Waals surface area contributed by atoms with Crippen molar-refractivity contribution in [2.45, 2.75) is 58.0 Å². The molecule has 2 bridgehead atoms. The molecule has 3 saturated carbocycles. The molecular weight excluding hydrogens is 336 g/mol. The van der Waals surface area contributed by atoms with Crippen molar-refractivity contribution in [2.24, 2.45) is 34.0 Å². The molecule has 26 heavy (non-hydrogen) atoms. The Morgan fingerprint density at radius 1 is 1.19 bits per heavy atom. The van der Waals surface area contributed by atoms with Crippen molar-refractivity contribution < 1.29 is 29.3 Å². The first-order valence-corrected chi connectivity index (χ1v) is 9.59. The fourth-order valence-electron chi connectivity index (χ4n) is 7.21. The van der Waals surface area contributed by atoms with Crippen LogP contribution in [-0.2, 0) is 19.1 Å². The summed E-state index contributed by atoms with van der Waals surface area (Å²) in [5.41, 5.74) is -1.88. The van der Waals surface area contributed by atoms with E-state index >= 15 is 0 Å². The lowest BCUT2D eigenvalue weighted by atomic mass is 9.43. The van der Waals surface area contributed by atoms with Crippen molar-refractivity contribution in [1.82, 2.24) is 0 Å². The van der Waals surface area contributed by atoms with Crippen molar-refractivity contribution in [3.63, 3.8) is 0 Å². The zero-order chi connectivity index (χ0) is 18.6. The Balaban J connectivity index is 1.72. The highest BCUT2D eigenvalue weighted by molar-refractivity contribution is 6.15. The second-order valence-corrected chi connectivity index (χ2v) is 9.62. The number of Topliss-reactive ketones (excluding diaryl/α,β-unsaturated/α-hetero) is 1. The third-order valence-corrected chi connectivity index (χ3v) is 8.48. The van der Waals surface area contributed by atoms with Crippen LogP contribution in [0.25, 0.3) is 0 Å². The fraction of sp³-hybridized carbons (Fsp3) is 0.800. The molecule has 5 aliphatic rings. The van der Waals surface area contributed by atoms with E-state index in [1.807, 2.05) is 13.8 Å². The maximum absolute atomic E-state index is 13.2. The second kappa shape index (κ2) is 4.78. The average molecular weight is 362 g/mol. The number of hydrogen-bond donors (Lipinski definition) is 2. The van der Waals surface area contributed by atoms with Crippen molar-refractivity contribution >= 4 is 11.8 Å². The molecule has 6 heteroatoms. The Kier molecular flexibility index (Phi) is 3.10. The number of allylic oxidation sites excluding steroid dienone is 1. The monoisotopic (exact) mass is 362 g/mol. The molecule has 6 unspecified atom stereocenters. The Labute approximate surface area is 152 Å². The van der Waals surface area contributed by atoms with E-state index in [-0.39, 0.29) is 24.2 Å². The number of hydrogen-bond acceptors (Lipinski definition) is 6. The highest BCUT2D eigenvalue weighted by atomic mass is 16.6. The van der Waals surface area contributed by atoms with Gasteiger partial charge < -0.3 is 19.7 Å². The zero-order valence-corrected chi connectivity index (χ0v) is 15.2. The van der Waals surface area contributed by atoms with Gasteiger partial charge in [0.05, 0.1) is 12.7 Å². The molecule has 2 aliphatic heterocycles. The normalized spacial score (nSPS) is 54.4. The minimum absolute atomic E-state index is 0.0483. The quantitative estimate of drug-likeness (QED) is 0.382. The van der Waals surface area contributed by atoms with Crippen LogP contribution in [0.5, 0.6) is 0 Å². The van der Waals surface area contributed by atoms with Crippen LogP contribution in [0.1, 0.15) is 39.5 Å². The van der Waals surface area contributed by atoms with Gasteiger partial charge in [-0.25, -0.2) is 0 Å². The Hall–Kier alpha value is -1.24. The number of carbonyl (C=O) groups is 2. The summed E-state index contributed by atoms with van der Waals surface area (Å²) >= 11 is 0. The van der Waals surface area contributed by atoms with Crippen LogP contribution in [0, 0.1) is 34.0 Å². The highest BCUT2D eigenvalue weighted by Gasteiger charge is 2.78. The lowest BCUT2D eigenvalue weighted by Crippen LogP contribution is -2.70. The predicted octanol–water partition coefficient (Wildman–Crippen LogP) is 1.20. The fourth-order valence-corrected chi connectivity index (χ4v) is 7.21. The SMILES string of the molecule is C=C1C(=O)[C@]23CC1CCC2[C@@]12COC(O)C1C(C)(C)C(O)CC2OC3=O. The molecule has 5 rings (SSSR count). The number of ether oxygens (including phenoxy) is 2. The molecule has 0 amide bonds. The minimum atomic E-state index is -1.18. The van der Waals surface area contributed by atoms with Gasteiger partial charge in [-0.1, -0.05) is 20.4 Å². The van der Waals surface area contributed by atoms with Gasteiger partial charge in [-0.15, -0.1) is 0 Å². The molecule has 0 aromatic carbocycles. The molecule has 0 radical (unpaired) electrons. The summed E-state index contributed by atoms with van der Waals surface area (Å²) in [5, 5.41) is 21.4. The number of esters is 1. The zero-order valence-electron chi connectivity index (χ0n) is 15.2. The summed E-state index contributed by atoms with van der Waals surface area (Å²) in [7, 11) is 0. The van der Waals surface area contributed by atoms with Crippen LogP contribution in [0.3, 0.4) is 0 Å². The second-order valence-electron chi connectivity index (χ2n) is 9.62. The summed E-state index contributed by atoms with van der Waals surface area (Å²) in [4.78, 5) is 26.3. The summed E-state index contributed by atoms with van der Waals surface area (Å²) < 4.78 is 11.6. The minimum Gasteiger partial charge on any atom is -0.461 e. The smallest absolute Gasteiger partial charge is 0.320 e. The summed E-state index contributed by atoms with van der Waals surface area (Å²) in [5.74, 6) is -1.22. The first-order chi connectivity index (χ1) is 12.2. The van der Waals surface area contributed by atoms with E-state index in [1.54, 1.807) is 0 Å². The maximum atomic E-state index is 13.2. The number of carbonyl (C=O) groups excluding carboxylic acids is 2. The van der Waals surface area contributed by atoms with Gasteiger partial charge in [0, 0.05) is 17.8 Å². The molecule has 2 heterocycles. The summed E-state index contributed by atoms with van der Waals surface area (Å²) in [6, 6.07) is 0. The van der Waals surface area contributed by atoms with Gasteiger partial charge in [-0.2, -0.15) is 0 Å². The molecule has 2 spiro atoms. The molecule has 2 N–H and O–H groups in total. The standard InChI is InChI=1S/C20H26O6/c1-9-10-4-5-11-19(7-10,15(9)22)17(24)26-13-6-12(21)18(2,3)14-16(23)25-8-20(11,13)14/h10-14,16,21,23H,1,4-8H2,2-3H3/t10?,11?,12?,13?,14?,16?,19-,20+/m0/s1. The Bertz CT molecular complexity index is 728. The molecule has 6 nitrogen and oxygen atoms in total. The number of aliphatic hydroxyl groups is 2. The lowest BCUT2D eigenvalue weighted by Gasteiger charge is -2.62. The molecule has 8 atom stereocenters. The average Bonchev–Trinajstić information content (AvgIpc) is 3.03. The van der Waals surface area contributed by atoms with Gasteiger partial charge in [-0.3, -0.25) is 9.59 Å². The van der Waals surface area contributed by atoms with E-state index in [4.69, 9.17) is 9.47 Å². The third kappa shape index (κ3) is 1.57. The molecule has 142 valence electrons. The highest BCUT2D eigenvalue weighted by Crippen LogP contribution is 2.71. The van der Waals surface area contributed by atoms with E-state index in [2.05, 4.69) is 6.58 Å². The van der Waals surface area contributed by atoms with E-state index in [1.165, 1.54) is 0 Å². The first-order valence-electron chi connectivity index (χ1n) is 9.59. The molecule has 0 aromatic rings. The Morgan fingerprint density at radius 2 is 1.92 bits per heavy atom. The molecule has 2 saturated heterocycles. The van der Waals surface area contributed by atoms with Crippen LogP contribution >= 0.6 is 0 Å². The summed E-state index contributed by atoms with van der Waals surface area (Å²) in [6.07, 6.45) is 0.0482. The van der Waals surface area contributed by atoms with E-state index < -0.39 is 46.6 Å². The van der Waals surface area contributed by atoms with Crippen molar-refractivity contribution in [3.8, 4) is 0 Å². The van der Waals surface area contributed by atoms with Gasteiger partial charge in [-0.05, 0) is 42.1 Å². The van der Waals surface area contributed by atoms with Crippen molar-refractivity contribution in [1.29, 1.82) is 0 Å². The number of fused-ring (bicyclic) bond motifs is 1. The van der Waals surface area contributed by atoms with Crippen molar-refractivity contribution in [2.75, 3.05) is 6.61 Å². The largest absolute Gasteiger partial charge is 0.461 e. The predicted molar refractivity (Wildman–Crippen MR) is 89.6 cm³/mol. The van der Waals surface area contributed by atoms with Crippen LogP contribution in [0.2, 0.25) is 0 Å².